The summed E-state index contributed by atoms with van der Waals surface area (Å²) in [5.41, 5.74) is -0.510. The lowest BCUT2D eigenvalue weighted by Crippen LogP contribution is -2.36. The van der Waals surface area contributed by atoms with Crippen molar-refractivity contribution in [3.63, 3.8) is 0 Å². The van der Waals surface area contributed by atoms with Gasteiger partial charge in [-0.05, 0) is 43.7 Å². The molecule has 2 nitrogen and oxygen atoms in total. The van der Waals surface area contributed by atoms with Gasteiger partial charge in [0, 0.05) is 6.42 Å². The molecule has 0 aromatic carbocycles. The molecule has 0 unspecified atom stereocenters. The maximum atomic E-state index is 10.4. The summed E-state index contributed by atoms with van der Waals surface area (Å²) in [5, 5.41) is 10.4. The third kappa shape index (κ3) is 2.63. The molecule has 0 saturated heterocycles. The van der Waals surface area contributed by atoms with Crippen LogP contribution in [0.5, 0.6) is 0 Å². The molecule has 0 atom stereocenters. The lowest BCUT2D eigenvalue weighted by molar-refractivity contribution is -0.0130. The van der Waals surface area contributed by atoms with Crippen molar-refractivity contribution in [2.24, 2.45) is 5.92 Å². The minimum absolute atomic E-state index is 0.510. The minimum atomic E-state index is -0.510. The van der Waals surface area contributed by atoms with E-state index in [1.807, 2.05) is 12.1 Å². The highest BCUT2D eigenvalue weighted by atomic mass is 16.3. The van der Waals surface area contributed by atoms with Gasteiger partial charge in [0.1, 0.15) is 5.76 Å². The quantitative estimate of drug-likeness (QED) is 0.827. The average molecular weight is 208 g/mol. The molecule has 0 amide bonds. The van der Waals surface area contributed by atoms with Gasteiger partial charge in [-0.1, -0.05) is 13.3 Å². The van der Waals surface area contributed by atoms with E-state index in [9.17, 15) is 5.11 Å². The van der Waals surface area contributed by atoms with Crippen molar-refractivity contribution >= 4 is 0 Å². The first-order valence-corrected chi connectivity index (χ1v) is 5.96. The number of rotatable bonds is 3. The molecule has 0 bridgehead atoms. The highest BCUT2D eigenvalue weighted by Crippen LogP contribution is 2.35. The van der Waals surface area contributed by atoms with Gasteiger partial charge in [0.2, 0.25) is 0 Å². The van der Waals surface area contributed by atoms with Gasteiger partial charge in [0.05, 0.1) is 11.9 Å². The normalized spacial score (nSPS) is 31.7. The molecule has 1 aliphatic rings. The summed E-state index contributed by atoms with van der Waals surface area (Å²) in [4.78, 5) is 0. The van der Waals surface area contributed by atoms with E-state index in [0.717, 1.165) is 37.4 Å². The minimum Gasteiger partial charge on any atom is -0.469 e. The van der Waals surface area contributed by atoms with Crippen LogP contribution in [0, 0.1) is 5.92 Å². The Morgan fingerprint density at radius 2 is 2.20 bits per heavy atom. The van der Waals surface area contributed by atoms with Crippen LogP contribution < -0.4 is 0 Å². The fourth-order valence-corrected chi connectivity index (χ4v) is 2.54. The Morgan fingerprint density at radius 3 is 2.73 bits per heavy atom. The summed E-state index contributed by atoms with van der Waals surface area (Å²) in [6.07, 6.45) is 7.77. The smallest absolute Gasteiger partial charge is 0.106 e. The van der Waals surface area contributed by atoms with Crippen LogP contribution in [0.2, 0.25) is 0 Å². The molecule has 2 heteroatoms. The second-order valence-corrected chi connectivity index (χ2v) is 4.83. The van der Waals surface area contributed by atoms with Crippen LogP contribution in [0.15, 0.2) is 22.8 Å². The van der Waals surface area contributed by atoms with Crippen molar-refractivity contribution in [1.29, 1.82) is 0 Å². The predicted octanol–water partition coefficient (Wildman–Crippen LogP) is 3.15. The van der Waals surface area contributed by atoms with Crippen LogP contribution in [0.25, 0.3) is 0 Å². The van der Waals surface area contributed by atoms with Gasteiger partial charge >= 0.3 is 0 Å². The van der Waals surface area contributed by atoms with Crippen LogP contribution >= 0.6 is 0 Å². The summed E-state index contributed by atoms with van der Waals surface area (Å²) < 4.78 is 5.29. The Labute approximate surface area is 91.3 Å². The SMILES string of the molecule is CCC1CCC(O)(Cc2ccco2)CC1. The van der Waals surface area contributed by atoms with Crippen LogP contribution in [0.1, 0.15) is 44.8 Å². The number of aliphatic hydroxyl groups is 1. The summed E-state index contributed by atoms with van der Waals surface area (Å²) in [6.45, 7) is 2.24. The van der Waals surface area contributed by atoms with E-state index in [4.69, 9.17) is 4.42 Å². The van der Waals surface area contributed by atoms with Gasteiger partial charge in [-0.3, -0.25) is 0 Å². The van der Waals surface area contributed by atoms with Gasteiger partial charge in [-0.2, -0.15) is 0 Å². The Bertz CT molecular complexity index is 281. The van der Waals surface area contributed by atoms with Gasteiger partial charge in [0.15, 0.2) is 0 Å². The van der Waals surface area contributed by atoms with E-state index in [1.54, 1.807) is 6.26 Å². The fourth-order valence-electron chi connectivity index (χ4n) is 2.54. The zero-order chi connectivity index (χ0) is 10.7. The van der Waals surface area contributed by atoms with Gasteiger partial charge in [-0.15, -0.1) is 0 Å². The molecule has 1 aliphatic carbocycles. The molecular weight excluding hydrogens is 188 g/mol. The van der Waals surface area contributed by atoms with E-state index in [1.165, 1.54) is 6.42 Å². The van der Waals surface area contributed by atoms with Crippen molar-refractivity contribution in [3.05, 3.63) is 24.2 Å². The third-order valence-electron chi connectivity index (χ3n) is 3.70. The van der Waals surface area contributed by atoms with Crippen LogP contribution in [-0.2, 0) is 6.42 Å². The molecule has 0 radical (unpaired) electrons. The number of hydrogen-bond acceptors (Lipinski definition) is 2. The first-order valence-electron chi connectivity index (χ1n) is 5.96. The number of hydrogen-bond donors (Lipinski definition) is 1. The zero-order valence-electron chi connectivity index (χ0n) is 9.41. The van der Waals surface area contributed by atoms with Crippen LogP contribution in [0.4, 0.5) is 0 Å². The van der Waals surface area contributed by atoms with E-state index >= 15 is 0 Å². The predicted molar refractivity (Wildman–Crippen MR) is 59.6 cm³/mol. The maximum absolute atomic E-state index is 10.4. The second kappa shape index (κ2) is 4.40. The Hall–Kier alpha value is -0.760. The highest BCUT2D eigenvalue weighted by Gasteiger charge is 2.33. The maximum Gasteiger partial charge on any atom is 0.106 e. The molecule has 0 spiro atoms. The van der Waals surface area contributed by atoms with E-state index in [0.29, 0.717) is 6.42 Å². The molecule has 1 heterocycles. The lowest BCUT2D eigenvalue weighted by atomic mass is 9.76. The Kier molecular flexibility index (Phi) is 3.15. The second-order valence-electron chi connectivity index (χ2n) is 4.83. The molecular formula is C13H20O2. The average Bonchev–Trinajstić information content (AvgIpc) is 2.71. The van der Waals surface area contributed by atoms with Gasteiger partial charge < -0.3 is 9.52 Å². The summed E-state index contributed by atoms with van der Waals surface area (Å²) in [5.74, 6) is 1.73. The largest absolute Gasteiger partial charge is 0.469 e. The molecule has 15 heavy (non-hydrogen) atoms. The van der Waals surface area contributed by atoms with Crippen LogP contribution in [-0.4, -0.2) is 10.7 Å². The fraction of sp³-hybridized carbons (Fsp3) is 0.692. The monoisotopic (exact) mass is 208 g/mol. The molecule has 0 aliphatic heterocycles. The van der Waals surface area contributed by atoms with Crippen molar-refractivity contribution in [2.75, 3.05) is 0 Å². The topological polar surface area (TPSA) is 33.4 Å². The first-order chi connectivity index (χ1) is 7.22. The number of furan rings is 1. The van der Waals surface area contributed by atoms with Gasteiger partial charge in [-0.25, -0.2) is 0 Å². The molecule has 1 fully saturated rings. The standard InChI is InChI=1S/C13H20O2/c1-2-11-5-7-13(14,8-6-11)10-12-4-3-9-15-12/h3-4,9,11,14H,2,5-8,10H2,1H3. The molecule has 84 valence electrons. The van der Waals surface area contributed by atoms with E-state index in [2.05, 4.69) is 6.92 Å². The molecule has 1 aromatic heterocycles. The summed E-state index contributed by atoms with van der Waals surface area (Å²) in [7, 11) is 0. The summed E-state index contributed by atoms with van der Waals surface area (Å²) in [6, 6.07) is 3.83. The molecule has 1 saturated carbocycles. The van der Waals surface area contributed by atoms with Crippen LogP contribution in [0.3, 0.4) is 0 Å². The lowest BCUT2D eigenvalue weighted by Gasteiger charge is -2.35. The van der Waals surface area contributed by atoms with Crippen molar-refractivity contribution < 1.29 is 9.52 Å². The summed E-state index contributed by atoms with van der Waals surface area (Å²) >= 11 is 0. The zero-order valence-corrected chi connectivity index (χ0v) is 9.41. The Morgan fingerprint density at radius 1 is 1.47 bits per heavy atom. The molecule has 1 aromatic rings. The van der Waals surface area contributed by atoms with E-state index in [-0.39, 0.29) is 0 Å². The van der Waals surface area contributed by atoms with Crippen molar-refractivity contribution in [1.82, 2.24) is 0 Å². The van der Waals surface area contributed by atoms with E-state index < -0.39 is 5.60 Å². The Balaban J connectivity index is 1.92. The highest BCUT2D eigenvalue weighted by molar-refractivity contribution is 5.03. The third-order valence-corrected chi connectivity index (χ3v) is 3.70. The van der Waals surface area contributed by atoms with Crippen molar-refractivity contribution in [2.45, 2.75) is 51.0 Å². The first kappa shape index (κ1) is 10.7. The van der Waals surface area contributed by atoms with Gasteiger partial charge in [0.25, 0.3) is 0 Å². The van der Waals surface area contributed by atoms with Crippen molar-refractivity contribution in [3.8, 4) is 0 Å². The molecule has 2 rings (SSSR count). The molecule has 1 N–H and O–H groups in total.